The monoisotopic (exact) mass is 411 g/mol. The number of amides is 2. The Bertz CT molecular complexity index is 700. The number of carbonyl (C=O) groups is 5. The van der Waals surface area contributed by atoms with Crippen molar-refractivity contribution in [1.82, 2.24) is 5.32 Å². The maximum absolute atomic E-state index is 13.0. The highest BCUT2D eigenvalue weighted by atomic mass is 16.7. The zero-order valence-electron chi connectivity index (χ0n) is 16.6. The summed E-state index contributed by atoms with van der Waals surface area (Å²) in [5.41, 5.74) is 0.352. The minimum Gasteiger partial charge on any atom is -0.461 e. The van der Waals surface area contributed by atoms with Gasteiger partial charge in [-0.2, -0.15) is 0 Å². The van der Waals surface area contributed by atoms with E-state index in [9.17, 15) is 24.0 Å². The van der Waals surface area contributed by atoms with Crippen LogP contribution in [0.1, 0.15) is 33.6 Å². The van der Waals surface area contributed by atoms with E-state index in [0.717, 1.165) is 0 Å². The summed E-state index contributed by atoms with van der Waals surface area (Å²) in [5, 5.41) is 2.20. The molecule has 2 aliphatic heterocycles. The van der Waals surface area contributed by atoms with Crippen LogP contribution in [-0.4, -0.2) is 61.2 Å². The lowest BCUT2D eigenvalue weighted by Gasteiger charge is -2.41. The SMILES string of the molecule is C=C(COC(C)=O)[C@@H](C)C(=O)C1OCOC(C2CC(=O)NC(=O)C2)[C@@H]1OC(C)=O. The standard InChI is InChI=1S/C19H25NO9/c1-9(7-26-11(3)21)10(2)16(25)18-19(29-12(4)22)17(27-8-28-18)13-5-14(23)20-15(24)6-13/h10,13,17-19H,1,5-8H2,2-4H3,(H,20,23,24)/t10-,17?,18?,19+/m1/s1. The second-order valence-corrected chi connectivity index (χ2v) is 7.11. The van der Waals surface area contributed by atoms with Gasteiger partial charge in [-0.15, -0.1) is 0 Å². The number of esters is 2. The zero-order chi connectivity index (χ0) is 21.7. The number of hydrogen-bond donors (Lipinski definition) is 1. The average Bonchev–Trinajstić information content (AvgIpc) is 2.63. The van der Waals surface area contributed by atoms with Crippen molar-refractivity contribution in [2.24, 2.45) is 11.8 Å². The summed E-state index contributed by atoms with van der Waals surface area (Å²) < 4.78 is 21.2. The molecular weight excluding hydrogens is 386 g/mol. The maximum atomic E-state index is 13.0. The minimum atomic E-state index is -1.18. The molecule has 10 nitrogen and oxygen atoms in total. The number of hydrogen-bond acceptors (Lipinski definition) is 9. The smallest absolute Gasteiger partial charge is 0.303 e. The number of ether oxygens (including phenoxy) is 4. The first-order valence-corrected chi connectivity index (χ1v) is 9.18. The first-order chi connectivity index (χ1) is 13.6. The van der Waals surface area contributed by atoms with Gasteiger partial charge in [-0.05, 0) is 5.57 Å². The van der Waals surface area contributed by atoms with Crippen molar-refractivity contribution in [1.29, 1.82) is 0 Å². The Morgan fingerprint density at radius 1 is 1.14 bits per heavy atom. The molecule has 2 rings (SSSR count). The highest BCUT2D eigenvalue weighted by Crippen LogP contribution is 2.31. The minimum absolute atomic E-state index is 0.0101. The van der Waals surface area contributed by atoms with Crippen LogP contribution < -0.4 is 5.32 Å². The molecule has 2 heterocycles. The van der Waals surface area contributed by atoms with Crippen molar-refractivity contribution in [3.63, 3.8) is 0 Å². The van der Waals surface area contributed by atoms with Crippen LogP contribution in [0.2, 0.25) is 0 Å². The van der Waals surface area contributed by atoms with Crippen LogP contribution in [-0.2, 0) is 42.9 Å². The topological polar surface area (TPSA) is 134 Å². The van der Waals surface area contributed by atoms with Crippen LogP contribution in [0, 0.1) is 11.8 Å². The molecule has 29 heavy (non-hydrogen) atoms. The number of piperidine rings is 1. The van der Waals surface area contributed by atoms with E-state index in [4.69, 9.17) is 18.9 Å². The second kappa shape index (κ2) is 9.75. The van der Waals surface area contributed by atoms with Gasteiger partial charge in [-0.25, -0.2) is 0 Å². The summed E-state index contributed by atoms with van der Waals surface area (Å²) in [5.74, 6) is -3.86. The molecule has 10 heteroatoms. The lowest BCUT2D eigenvalue weighted by Crippen LogP contribution is -2.57. The molecular formula is C19H25NO9. The van der Waals surface area contributed by atoms with Gasteiger partial charge in [-0.1, -0.05) is 13.5 Å². The molecule has 0 saturated carbocycles. The quantitative estimate of drug-likeness (QED) is 0.350. The highest BCUT2D eigenvalue weighted by Gasteiger charge is 2.48. The summed E-state index contributed by atoms with van der Waals surface area (Å²) in [6, 6.07) is 0. The molecule has 0 aromatic rings. The molecule has 2 saturated heterocycles. The Kier molecular flexibility index (Phi) is 7.63. The Hall–Kier alpha value is -2.59. The van der Waals surface area contributed by atoms with E-state index in [1.54, 1.807) is 6.92 Å². The van der Waals surface area contributed by atoms with Gasteiger partial charge in [0.1, 0.15) is 19.5 Å². The number of carbonyl (C=O) groups excluding carboxylic acids is 5. The van der Waals surface area contributed by atoms with E-state index in [1.807, 2.05) is 0 Å². The lowest BCUT2D eigenvalue weighted by molar-refractivity contribution is -0.247. The number of Topliss-reactive ketones (excluding diaryl/α,β-unsaturated/α-hetero) is 1. The van der Waals surface area contributed by atoms with Gasteiger partial charge >= 0.3 is 11.9 Å². The fraction of sp³-hybridized carbons (Fsp3) is 0.632. The number of imide groups is 1. The summed E-state index contributed by atoms with van der Waals surface area (Å²) in [7, 11) is 0. The van der Waals surface area contributed by atoms with E-state index in [1.165, 1.54) is 13.8 Å². The Labute approximate surface area is 167 Å². The molecule has 0 spiro atoms. The molecule has 2 fully saturated rings. The van der Waals surface area contributed by atoms with Gasteiger partial charge in [0.2, 0.25) is 11.8 Å². The van der Waals surface area contributed by atoms with Crippen molar-refractivity contribution < 1.29 is 42.9 Å². The van der Waals surface area contributed by atoms with E-state index < -0.39 is 59.7 Å². The first-order valence-electron chi connectivity index (χ1n) is 9.18. The first kappa shape index (κ1) is 22.7. The number of nitrogens with one attached hydrogen (secondary N) is 1. The van der Waals surface area contributed by atoms with Gasteiger partial charge in [0.15, 0.2) is 18.0 Å². The third-order valence-corrected chi connectivity index (χ3v) is 4.85. The van der Waals surface area contributed by atoms with Gasteiger partial charge in [0.05, 0.1) is 0 Å². The van der Waals surface area contributed by atoms with E-state index in [2.05, 4.69) is 11.9 Å². The van der Waals surface area contributed by atoms with Crippen LogP contribution in [0.3, 0.4) is 0 Å². The Morgan fingerprint density at radius 2 is 1.76 bits per heavy atom. The number of ketones is 1. The molecule has 2 unspecified atom stereocenters. The van der Waals surface area contributed by atoms with Crippen molar-refractivity contribution in [2.75, 3.05) is 13.4 Å². The molecule has 0 bridgehead atoms. The largest absolute Gasteiger partial charge is 0.461 e. The van der Waals surface area contributed by atoms with Gasteiger partial charge in [-0.3, -0.25) is 29.3 Å². The van der Waals surface area contributed by atoms with Crippen molar-refractivity contribution in [3.8, 4) is 0 Å². The molecule has 160 valence electrons. The van der Waals surface area contributed by atoms with Crippen molar-refractivity contribution in [2.45, 2.75) is 51.9 Å². The zero-order valence-corrected chi connectivity index (χ0v) is 16.6. The maximum Gasteiger partial charge on any atom is 0.303 e. The summed E-state index contributed by atoms with van der Waals surface area (Å²) in [6.45, 7) is 7.35. The predicted octanol–water partition coefficient (Wildman–Crippen LogP) is 0.0369. The third-order valence-electron chi connectivity index (χ3n) is 4.85. The van der Waals surface area contributed by atoms with Gasteiger partial charge < -0.3 is 18.9 Å². The van der Waals surface area contributed by atoms with Crippen LogP contribution in [0.4, 0.5) is 0 Å². The molecule has 0 aromatic carbocycles. The molecule has 1 N–H and O–H groups in total. The van der Waals surface area contributed by atoms with E-state index >= 15 is 0 Å². The van der Waals surface area contributed by atoms with E-state index in [0.29, 0.717) is 5.57 Å². The van der Waals surface area contributed by atoms with Crippen molar-refractivity contribution in [3.05, 3.63) is 12.2 Å². The predicted molar refractivity (Wildman–Crippen MR) is 96.0 cm³/mol. The van der Waals surface area contributed by atoms with Crippen molar-refractivity contribution >= 4 is 29.5 Å². The molecule has 4 atom stereocenters. The summed E-state index contributed by atoms with van der Waals surface area (Å²) >= 11 is 0. The van der Waals surface area contributed by atoms with Crippen LogP contribution in [0.15, 0.2) is 12.2 Å². The molecule has 0 aromatic heterocycles. The van der Waals surface area contributed by atoms with Crippen LogP contribution >= 0.6 is 0 Å². The number of rotatable bonds is 7. The third kappa shape index (κ3) is 5.94. The fourth-order valence-electron chi connectivity index (χ4n) is 3.33. The molecule has 0 radical (unpaired) electrons. The molecule has 0 aliphatic carbocycles. The highest BCUT2D eigenvalue weighted by molar-refractivity contribution is 5.98. The van der Waals surface area contributed by atoms with Crippen LogP contribution in [0.5, 0.6) is 0 Å². The Balaban J connectivity index is 2.20. The molecule has 2 aliphatic rings. The second-order valence-electron chi connectivity index (χ2n) is 7.11. The lowest BCUT2D eigenvalue weighted by atomic mass is 9.83. The van der Waals surface area contributed by atoms with Gasteiger partial charge in [0.25, 0.3) is 0 Å². The summed E-state index contributed by atoms with van der Waals surface area (Å²) in [4.78, 5) is 59.1. The normalized spacial score (nSPS) is 26.2. The molecule has 2 amide bonds. The average molecular weight is 411 g/mol. The Morgan fingerprint density at radius 3 is 2.31 bits per heavy atom. The van der Waals surface area contributed by atoms with Crippen LogP contribution in [0.25, 0.3) is 0 Å². The van der Waals surface area contributed by atoms with E-state index in [-0.39, 0.29) is 26.2 Å². The fourth-order valence-corrected chi connectivity index (χ4v) is 3.33. The van der Waals surface area contributed by atoms with Gasteiger partial charge in [0, 0.05) is 38.5 Å². The summed E-state index contributed by atoms with van der Waals surface area (Å²) in [6.07, 6.45) is -3.21.